The molecule has 4 heteroatoms. The van der Waals surface area contributed by atoms with E-state index in [1.54, 1.807) is 18.5 Å². The van der Waals surface area contributed by atoms with Crippen LogP contribution in [0.2, 0.25) is 0 Å². The van der Waals surface area contributed by atoms with Gasteiger partial charge in [0.05, 0.1) is 16.8 Å². The van der Waals surface area contributed by atoms with Gasteiger partial charge in [0.15, 0.2) is 0 Å². The quantitative estimate of drug-likeness (QED) is 0.540. The molecule has 4 aromatic rings. The number of pyridine rings is 2. The van der Waals surface area contributed by atoms with Crippen molar-refractivity contribution in [3.63, 3.8) is 0 Å². The topological polar surface area (TPSA) is 50.7 Å². The van der Waals surface area contributed by atoms with Crippen molar-refractivity contribution in [2.75, 3.05) is 0 Å². The molecule has 0 saturated heterocycles. The molecule has 0 bridgehead atoms. The van der Waals surface area contributed by atoms with Crippen LogP contribution in [0.1, 0.15) is 5.56 Å². The summed E-state index contributed by atoms with van der Waals surface area (Å²) in [7, 11) is 0. The van der Waals surface area contributed by atoms with Crippen molar-refractivity contribution in [3.8, 4) is 11.4 Å². The zero-order chi connectivity index (χ0) is 14.7. The SMILES string of the molecule is O=c1c2ccncc2cc2n1CCc1c-2[nH]c2ccccc12. The molecular formula is C18H13N3O. The first kappa shape index (κ1) is 11.7. The van der Waals surface area contributed by atoms with Crippen LogP contribution in [0.5, 0.6) is 0 Å². The van der Waals surface area contributed by atoms with Gasteiger partial charge in [0.1, 0.15) is 0 Å². The van der Waals surface area contributed by atoms with Gasteiger partial charge in [-0.1, -0.05) is 18.2 Å². The van der Waals surface area contributed by atoms with E-state index in [2.05, 4.69) is 34.2 Å². The van der Waals surface area contributed by atoms with Crippen molar-refractivity contribution in [1.82, 2.24) is 14.5 Å². The third-order valence-electron chi connectivity index (χ3n) is 4.57. The van der Waals surface area contributed by atoms with Crippen LogP contribution in [0.25, 0.3) is 33.1 Å². The van der Waals surface area contributed by atoms with E-state index < -0.39 is 0 Å². The molecule has 0 saturated carbocycles. The number of nitrogens with zero attached hydrogens (tertiary/aromatic N) is 2. The lowest BCUT2D eigenvalue weighted by Crippen LogP contribution is -2.26. The first-order valence-electron chi connectivity index (χ1n) is 7.40. The fraction of sp³-hybridized carbons (Fsp3) is 0.111. The van der Waals surface area contributed by atoms with E-state index in [0.29, 0.717) is 0 Å². The van der Waals surface area contributed by atoms with Crippen molar-refractivity contribution in [1.29, 1.82) is 0 Å². The van der Waals surface area contributed by atoms with Crippen LogP contribution in [0, 0.1) is 0 Å². The summed E-state index contributed by atoms with van der Waals surface area (Å²) in [5.41, 5.74) is 4.52. The highest BCUT2D eigenvalue weighted by atomic mass is 16.1. The van der Waals surface area contributed by atoms with Crippen LogP contribution >= 0.6 is 0 Å². The Morgan fingerprint density at radius 3 is 3.00 bits per heavy atom. The minimum atomic E-state index is 0.0687. The predicted molar refractivity (Wildman–Crippen MR) is 87.0 cm³/mol. The molecule has 1 aliphatic rings. The maximum Gasteiger partial charge on any atom is 0.259 e. The normalized spacial score (nSPS) is 13.3. The van der Waals surface area contributed by atoms with E-state index in [1.807, 2.05) is 10.6 Å². The van der Waals surface area contributed by atoms with Gasteiger partial charge in [-0.2, -0.15) is 0 Å². The molecule has 4 nitrogen and oxygen atoms in total. The maximum absolute atomic E-state index is 12.7. The van der Waals surface area contributed by atoms with Crippen LogP contribution in [0.15, 0.2) is 53.6 Å². The fourth-order valence-electron chi connectivity index (χ4n) is 3.53. The summed E-state index contributed by atoms with van der Waals surface area (Å²) < 4.78 is 1.88. The largest absolute Gasteiger partial charge is 0.353 e. The predicted octanol–water partition coefficient (Wildman–Crippen LogP) is 3.10. The third-order valence-corrected chi connectivity index (χ3v) is 4.57. The lowest BCUT2D eigenvalue weighted by Gasteiger charge is -2.19. The molecule has 1 aromatic carbocycles. The summed E-state index contributed by atoms with van der Waals surface area (Å²) in [6, 6.07) is 12.2. The van der Waals surface area contributed by atoms with Gasteiger partial charge >= 0.3 is 0 Å². The van der Waals surface area contributed by atoms with Crippen molar-refractivity contribution in [3.05, 3.63) is 64.7 Å². The first-order valence-corrected chi connectivity index (χ1v) is 7.40. The Labute approximate surface area is 126 Å². The lowest BCUT2D eigenvalue weighted by atomic mass is 10.0. The molecular weight excluding hydrogens is 274 g/mol. The average molecular weight is 287 g/mol. The third kappa shape index (κ3) is 1.41. The Kier molecular flexibility index (Phi) is 2.17. The number of hydrogen-bond acceptors (Lipinski definition) is 2. The Morgan fingerprint density at radius 1 is 1.14 bits per heavy atom. The van der Waals surface area contributed by atoms with Crippen molar-refractivity contribution < 1.29 is 0 Å². The number of hydrogen-bond donors (Lipinski definition) is 1. The Hall–Kier alpha value is -2.88. The molecule has 22 heavy (non-hydrogen) atoms. The number of H-pyrrole nitrogens is 1. The van der Waals surface area contributed by atoms with E-state index in [4.69, 9.17) is 0 Å². The Bertz CT molecular complexity index is 1100. The molecule has 0 fully saturated rings. The van der Waals surface area contributed by atoms with Gasteiger partial charge in [0.2, 0.25) is 0 Å². The Balaban J connectivity index is 1.93. The number of fused-ring (bicyclic) bond motifs is 6. The summed E-state index contributed by atoms with van der Waals surface area (Å²) in [4.78, 5) is 20.3. The van der Waals surface area contributed by atoms with Crippen molar-refractivity contribution in [2.45, 2.75) is 13.0 Å². The van der Waals surface area contributed by atoms with Gasteiger partial charge in [0, 0.05) is 35.2 Å². The van der Waals surface area contributed by atoms with Crippen molar-refractivity contribution in [2.24, 2.45) is 0 Å². The van der Waals surface area contributed by atoms with E-state index in [-0.39, 0.29) is 5.56 Å². The van der Waals surface area contributed by atoms with Crippen LogP contribution in [-0.4, -0.2) is 14.5 Å². The fourth-order valence-corrected chi connectivity index (χ4v) is 3.53. The van der Waals surface area contributed by atoms with Crippen LogP contribution in [0.4, 0.5) is 0 Å². The summed E-state index contributed by atoms with van der Waals surface area (Å²) in [6.07, 6.45) is 4.31. The molecule has 0 aliphatic carbocycles. The molecule has 106 valence electrons. The van der Waals surface area contributed by atoms with E-state index in [9.17, 15) is 4.79 Å². The van der Waals surface area contributed by atoms with Gasteiger partial charge in [-0.15, -0.1) is 0 Å². The van der Waals surface area contributed by atoms with Gasteiger partial charge in [0.25, 0.3) is 5.56 Å². The summed E-state index contributed by atoms with van der Waals surface area (Å²) in [5, 5.41) is 2.88. The zero-order valence-electron chi connectivity index (χ0n) is 11.8. The summed E-state index contributed by atoms with van der Waals surface area (Å²) >= 11 is 0. The van der Waals surface area contributed by atoms with Gasteiger partial charge < -0.3 is 9.55 Å². The zero-order valence-corrected chi connectivity index (χ0v) is 11.8. The van der Waals surface area contributed by atoms with E-state index in [1.165, 1.54) is 10.9 Å². The molecule has 1 N–H and O–H groups in total. The second-order valence-electron chi connectivity index (χ2n) is 5.72. The minimum Gasteiger partial charge on any atom is -0.353 e. The number of para-hydroxylation sites is 1. The average Bonchev–Trinajstić information content (AvgIpc) is 2.94. The Morgan fingerprint density at radius 2 is 2.05 bits per heavy atom. The molecule has 5 rings (SSSR count). The lowest BCUT2D eigenvalue weighted by molar-refractivity contribution is 0.665. The molecule has 1 aliphatic heterocycles. The molecule has 4 heterocycles. The molecule has 0 spiro atoms. The number of aromatic amines is 1. The number of nitrogens with one attached hydrogen (secondary N) is 1. The molecule has 0 unspecified atom stereocenters. The van der Waals surface area contributed by atoms with Gasteiger partial charge in [-0.05, 0) is 30.2 Å². The van der Waals surface area contributed by atoms with Crippen LogP contribution in [0.3, 0.4) is 0 Å². The molecule has 0 atom stereocenters. The van der Waals surface area contributed by atoms with Crippen molar-refractivity contribution >= 4 is 21.7 Å². The second-order valence-corrected chi connectivity index (χ2v) is 5.72. The van der Waals surface area contributed by atoms with Crippen LogP contribution in [-0.2, 0) is 13.0 Å². The summed E-state index contributed by atoms with van der Waals surface area (Å²) in [6.45, 7) is 0.723. The first-order chi connectivity index (χ1) is 10.8. The minimum absolute atomic E-state index is 0.0687. The monoisotopic (exact) mass is 287 g/mol. The highest BCUT2D eigenvalue weighted by molar-refractivity contribution is 5.93. The smallest absolute Gasteiger partial charge is 0.259 e. The number of aryl methyl sites for hydroxylation is 1. The maximum atomic E-state index is 12.7. The van der Waals surface area contributed by atoms with Crippen LogP contribution < -0.4 is 5.56 Å². The molecule has 0 radical (unpaired) electrons. The molecule has 3 aromatic heterocycles. The van der Waals surface area contributed by atoms with Gasteiger partial charge in [-0.25, -0.2) is 0 Å². The summed E-state index contributed by atoms with van der Waals surface area (Å²) in [5.74, 6) is 0. The standard InChI is InChI=1S/C18H13N3O/c22-18-12-5-7-19-10-11(12)9-16-17-14(6-8-21(16)18)13-3-1-2-4-15(13)20-17/h1-5,7,9-10,20H,6,8H2. The highest BCUT2D eigenvalue weighted by Crippen LogP contribution is 2.34. The van der Waals surface area contributed by atoms with E-state index >= 15 is 0 Å². The van der Waals surface area contributed by atoms with E-state index in [0.717, 1.165) is 40.6 Å². The molecule has 0 amide bonds. The number of aromatic nitrogens is 3. The number of benzene rings is 1. The van der Waals surface area contributed by atoms with Gasteiger partial charge in [-0.3, -0.25) is 9.78 Å². The number of rotatable bonds is 0. The second kappa shape index (κ2) is 4.07. The highest BCUT2D eigenvalue weighted by Gasteiger charge is 2.22.